The molecule has 7 nitrogen and oxygen atoms in total. The van der Waals surface area contributed by atoms with Gasteiger partial charge in [-0.25, -0.2) is 4.79 Å². The minimum atomic E-state index is -0.435. The van der Waals surface area contributed by atoms with Crippen LogP contribution in [0.5, 0.6) is 5.88 Å². The molecule has 216 valence electrons. The highest BCUT2D eigenvalue weighted by Crippen LogP contribution is 2.36. The van der Waals surface area contributed by atoms with E-state index in [1.165, 1.54) is 22.9 Å². The van der Waals surface area contributed by atoms with E-state index < -0.39 is 5.69 Å². The average Bonchev–Trinajstić information content (AvgIpc) is 3.87. The number of benzene rings is 1. The Labute approximate surface area is 242 Å². The zero-order valence-corrected chi connectivity index (χ0v) is 25.1. The van der Waals surface area contributed by atoms with Crippen molar-refractivity contribution in [2.75, 3.05) is 0 Å². The summed E-state index contributed by atoms with van der Waals surface area (Å²) < 4.78 is 0. The number of aliphatic imine (C=N–C) groups is 1. The summed E-state index contributed by atoms with van der Waals surface area (Å²) >= 11 is 6.07. The van der Waals surface area contributed by atoms with Crippen LogP contribution in [-0.4, -0.2) is 39.1 Å². The zero-order valence-electron chi connectivity index (χ0n) is 24.4. The van der Waals surface area contributed by atoms with E-state index in [9.17, 15) is 9.90 Å². The van der Waals surface area contributed by atoms with Crippen molar-refractivity contribution in [2.24, 2.45) is 22.7 Å². The van der Waals surface area contributed by atoms with E-state index in [4.69, 9.17) is 22.0 Å². The van der Waals surface area contributed by atoms with Gasteiger partial charge in [-0.1, -0.05) is 55.7 Å². The summed E-state index contributed by atoms with van der Waals surface area (Å²) in [5.74, 6) is 0.183. The van der Waals surface area contributed by atoms with Crippen molar-refractivity contribution in [3.63, 3.8) is 0 Å². The Balaban J connectivity index is 1.52. The topological polar surface area (TPSA) is 127 Å². The maximum atomic E-state index is 11.6. The first kappa shape index (κ1) is 30.1. The van der Waals surface area contributed by atoms with Gasteiger partial charge in [0.2, 0.25) is 5.88 Å². The molecule has 0 bridgehead atoms. The van der Waals surface area contributed by atoms with Crippen molar-refractivity contribution in [3.05, 3.63) is 73.8 Å². The second kappa shape index (κ2) is 13.2. The summed E-state index contributed by atoms with van der Waals surface area (Å²) in [6, 6.07) is 9.40. The van der Waals surface area contributed by atoms with Crippen molar-refractivity contribution in [2.45, 2.75) is 91.3 Å². The van der Waals surface area contributed by atoms with Crippen molar-refractivity contribution in [3.8, 4) is 5.88 Å². The normalized spacial score (nSPS) is 22.4. The molecule has 40 heavy (non-hydrogen) atoms. The average molecular weight is 566 g/mol. The van der Waals surface area contributed by atoms with Gasteiger partial charge >= 0.3 is 5.69 Å². The number of hydrogen-bond acceptors (Lipinski definition) is 5. The molecule has 2 aliphatic rings. The third kappa shape index (κ3) is 7.64. The molecule has 5 unspecified atom stereocenters. The molecular formula is C32H44ClN5O2. The second-order valence-corrected chi connectivity index (χ2v) is 12.1. The molecule has 5 atom stereocenters. The van der Waals surface area contributed by atoms with E-state index in [-0.39, 0.29) is 17.7 Å². The predicted molar refractivity (Wildman–Crippen MR) is 165 cm³/mol. The van der Waals surface area contributed by atoms with E-state index in [2.05, 4.69) is 68.1 Å². The molecule has 2 aromatic rings. The van der Waals surface area contributed by atoms with Crippen LogP contribution in [0, 0.1) is 23.2 Å². The highest BCUT2D eigenvalue weighted by Gasteiger charge is 2.37. The first-order chi connectivity index (χ1) is 19.1. The summed E-state index contributed by atoms with van der Waals surface area (Å²) in [6.45, 7) is 10.9. The second-order valence-electron chi connectivity index (χ2n) is 11.7. The number of hydrogen-bond donors (Lipinski definition) is 5. The van der Waals surface area contributed by atoms with E-state index in [1.807, 2.05) is 12.1 Å². The number of halogens is 1. The van der Waals surface area contributed by atoms with Gasteiger partial charge in [0, 0.05) is 29.4 Å². The molecule has 2 heterocycles. The Morgan fingerprint density at radius 1 is 1.20 bits per heavy atom. The quantitative estimate of drug-likeness (QED) is 0.126. The molecule has 1 aliphatic carbocycles. The number of rotatable bonds is 14. The van der Waals surface area contributed by atoms with E-state index in [0.29, 0.717) is 36.2 Å². The van der Waals surface area contributed by atoms with Crippen molar-refractivity contribution in [1.29, 1.82) is 5.41 Å². The van der Waals surface area contributed by atoms with Crippen LogP contribution in [0.4, 0.5) is 0 Å². The third-order valence-corrected chi connectivity index (χ3v) is 9.09. The highest BCUT2D eigenvalue weighted by atomic mass is 35.5. The van der Waals surface area contributed by atoms with Gasteiger partial charge in [-0.3, -0.25) is 9.98 Å². The summed E-state index contributed by atoms with van der Waals surface area (Å²) in [5.41, 5.74) is 6.12. The largest absolute Gasteiger partial charge is 0.493 e. The van der Waals surface area contributed by atoms with Gasteiger partial charge < -0.3 is 20.8 Å². The Bertz CT molecular complexity index is 1330. The number of allylic oxidation sites excluding steroid dienone is 4. The summed E-state index contributed by atoms with van der Waals surface area (Å²) in [7, 11) is 0. The van der Waals surface area contributed by atoms with Gasteiger partial charge in [0.05, 0.1) is 17.4 Å². The molecule has 0 amide bonds. The van der Waals surface area contributed by atoms with E-state index in [1.54, 1.807) is 0 Å². The molecule has 1 saturated heterocycles. The molecule has 1 saturated carbocycles. The molecule has 8 heteroatoms. The number of aromatic nitrogens is 2. The molecule has 0 radical (unpaired) electrons. The first-order valence-electron chi connectivity index (χ1n) is 14.6. The SMILES string of the molecule is CCC(C)/C(=C\C(=NC1CC1)C(C)=C(C)C(C)C(C=N)Cc1[nH]c(=O)[nH]c1O)CCC1NC1c1ccc(Cl)cc1. The van der Waals surface area contributed by atoms with E-state index in [0.717, 1.165) is 48.4 Å². The number of nitrogens with one attached hydrogen (secondary N) is 4. The molecule has 1 aromatic heterocycles. The minimum absolute atomic E-state index is 0.0379. The Kier molecular flexibility index (Phi) is 9.90. The number of imidazole rings is 1. The van der Waals surface area contributed by atoms with Gasteiger partial charge in [0.1, 0.15) is 0 Å². The molecular weight excluding hydrogens is 522 g/mol. The predicted octanol–water partition coefficient (Wildman–Crippen LogP) is 6.91. The van der Waals surface area contributed by atoms with Crippen LogP contribution < -0.4 is 11.0 Å². The van der Waals surface area contributed by atoms with Gasteiger partial charge in [0.15, 0.2) is 0 Å². The Morgan fingerprint density at radius 2 is 1.90 bits per heavy atom. The van der Waals surface area contributed by atoms with Gasteiger partial charge in [0.25, 0.3) is 0 Å². The lowest BCUT2D eigenvalue weighted by Crippen LogP contribution is -2.20. The lowest BCUT2D eigenvalue weighted by Gasteiger charge is -2.23. The Hall–Kier alpha value is -2.90. The van der Waals surface area contributed by atoms with Crippen LogP contribution in [0.2, 0.25) is 5.02 Å². The van der Waals surface area contributed by atoms with E-state index >= 15 is 0 Å². The fourth-order valence-corrected chi connectivity index (χ4v) is 5.45. The van der Waals surface area contributed by atoms with Crippen molar-refractivity contribution in [1.82, 2.24) is 15.3 Å². The summed E-state index contributed by atoms with van der Waals surface area (Å²) in [5, 5.41) is 22.5. The summed E-state index contributed by atoms with van der Waals surface area (Å²) in [6.07, 6.45) is 9.58. The van der Waals surface area contributed by atoms with Gasteiger partial charge in [-0.05, 0) is 93.3 Å². The van der Waals surface area contributed by atoms with Gasteiger partial charge in [-0.15, -0.1) is 0 Å². The maximum absolute atomic E-state index is 11.6. The number of nitrogens with zero attached hydrogens (tertiary/aromatic N) is 1. The Morgan fingerprint density at radius 3 is 2.48 bits per heavy atom. The number of H-pyrrole nitrogens is 2. The standard InChI is InChI=1S/C32H44ClN5O2/c1-6-18(2)23(9-14-27-30(36-27)22-7-10-25(33)11-8-22)15-28(35-26-12-13-26)21(5)19(3)20(4)24(17-34)16-29-31(39)38-32(40)37-29/h7-8,10-11,15,17-18,20,24,26-27,30,34,36,39H,6,9,12-14,16H2,1-5H3,(H2,37,38,40)/b21-19?,23-15-,34-17?,35-28?. The monoisotopic (exact) mass is 565 g/mol. The van der Waals surface area contributed by atoms with Crippen LogP contribution >= 0.6 is 11.6 Å². The fourth-order valence-electron chi connectivity index (χ4n) is 5.33. The molecule has 0 spiro atoms. The van der Waals surface area contributed by atoms with Crippen LogP contribution in [0.15, 0.2) is 56.8 Å². The number of aromatic amines is 2. The van der Waals surface area contributed by atoms with Crippen LogP contribution in [0.1, 0.15) is 84.0 Å². The maximum Gasteiger partial charge on any atom is 0.325 e. The fraction of sp³-hybridized carbons (Fsp3) is 0.531. The smallest absolute Gasteiger partial charge is 0.325 e. The number of aromatic hydroxyl groups is 1. The van der Waals surface area contributed by atoms with Gasteiger partial charge in [-0.2, -0.15) is 0 Å². The lowest BCUT2D eigenvalue weighted by molar-refractivity contribution is 0.438. The molecule has 5 N–H and O–H groups in total. The third-order valence-electron chi connectivity index (χ3n) is 8.83. The van der Waals surface area contributed by atoms with Crippen molar-refractivity contribution >= 4 is 23.5 Å². The molecule has 4 rings (SSSR count). The molecule has 1 aliphatic heterocycles. The highest BCUT2D eigenvalue weighted by molar-refractivity contribution is 6.30. The zero-order chi connectivity index (χ0) is 29.0. The molecule has 2 fully saturated rings. The lowest BCUT2D eigenvalue weighted by atomic mass is 9.82. The molecule has 1 aromatic carbocycles. The van der Waals surface area contributed by atoms with Crippen molar-refractivity contribution < 1.29 is 5.11 Å². The summed E-state index contributed by atoms with van der Waals surface area (Å²) in [4.78, 5) is 21.8. The minimum Gasteiger partial charge on any atom is -0.493 e. The first-order valence-corrected chi connectivity index (χ1v) is 15.0. The van der Waals surface area contributed by atoms with Crippen LogP contribution in [-0.2, 0) is 6.42 Å². The van der Waals surface area contributed by atoms with Crippen LogP contribution in [0.25, 0.3) is 0 Å². The van der Waals surface area contributed by atoms with Crippen LogP contribution in [0.3, 0.4) is 0 Å².